The minimum atomic E-state index is -0.516. The first kappa shape index (κ1) is 20.1. The maximum Gasteiger partial charge on any atom is 0.343 e. The van der Waals surface area contributed by atoms with Crippen molar-refractivity contribution in [3.05, 3.63) is 48.2 Å². The van der Waals surface area contributed by atoms with Crippen LogP contribution in [0.4, 0.5) is 5.82 Å². The molecule has 7 heteroatoms. The van der Waals surface area contributed by atoms with Gasteiger partial charge in [0.05, 0.1) is 18.3 Å². The number of carbonyl (C=O) groups excluding carboxylic acids is 2. The molecule has 0 unspecified atom stereocenters. The molecule has 1 N–H and O–H groups in total. The minimum Gasteiger partial charge on any atom is -0.462 e. The third kappa shape index (κ3) is 4.35. The van der Waals surface area contributed by atoms with Crippen LogP contribution in [0.15, 0.2) is 42.6 Å². The molecular weight excluding hydrogens is 380 g/mol. The maximum atomic E-state index is 12.8. The number of pyridine rings is 1. The van der Waals surface area contributed by atoms with Crippen molar-refractivity contribution in [2.45, 2.75) is 45.4 Å². The van der Waals surface area contributed by atoms with Crippen LogP contribution in [-0.2, 0) is 9.53 Å². The van der Waals surface area contributed by atoms with Crippen LogP contribution in [0.25, 0.3) is 16.7 Å². The number of benzene rings is 1. The Morgan fingerprint density at radius 2 is 1.93 bits per heavy atom. The molecule has 1 amide bonds. The van der Waals surface area contributed by atoms with Crippen molar-refractivity contribution >= 4 is 28.6 Å². The smallest absolute Gasteiger partial charge is 0.343 e. The van der Waals surface area contributed by atoms with Gasteiger partial charge >= 0.3 is 5.97 Å². The fourth-order valence-electron chi connectivity index (χ4n) is 4.01. The summed E-state index contributed by atoms with van der Waals surface area (Å²) in [6.07, 6.45) is 7.60. The van der Waals surface area contributed by atoms with Gasteiger partial charge in [-0.1, -0.05) is 37.5 Å². The summed E-state index contributed by atoms with van der Waals surface area (Å²) in [6, 6.07) is 11.5. The lowest BCUT2D eigenvalue weighted by Crippen LogP contribution is -2.21. The van der Waals surface area contributed by atoms with Crippen LogP contribution in [0.1, 0.15) is 55.8 Å². The molecule has 0 saturated heterocycles. The normalized spacial score (nSPS) is 14.6. The number of anilines is 1. The Bertz CT molecular complexity index is 1050. The van der Waals surface area contributed by atoms with Crippen LogP contribution in [0, 0.1) is 5.92 Å². The molecule has 1 fully saturated rings. The number of aromatic nitrogens is 3. The average Bonchev–Trinajstić information content (AvgIpc) is 3.17. The second kappa shape index (κ2) is 9.07. The van der Waals surface area contributed by atoms with Crippen molar-refractivity contribution in [2.24, 2.45) is 5.92 Å². The zero-order chi connectivity index (χ0) is 20.9. The number of fused-ring (bicyclic) bond motifs is 1. The molecule has 1 aliphatic rings. The van der Waals surface area contributed by atoms with E-state index >= 15 is 0 Å². The number of nitrogens with zero attached hydrogens (tertiary/aromatic N) is 3. The number of para-hydroxylation sites is 1. The van der Waals surface area contributed by atoms with Gasteiger partial charge in [0.25, 0.3) is 0 Å². The van der Waals surface area contributed by atoms with Gasteiger partial charge in [0.2, 0.25) is 5.91 Å². The van der Waals surface area contributed by atoms with Gasteiger partial charge in [-0.15, -0.1) is 0 Å². The number of hydrogen-bond acceptors (Lipinski definition) is 5. The summed E-state index contributed by atoms with van der Waals surface area (Å²) in [5.74, 6) is 0.585. The summed E-state index contributed by atoms with van der Waals surface area (Å²) < 4.78 is 6.65. The third-order valence-corrected chi connectivity index (χ3v) is 5.52. The van der Waals surface area contributed by atoms with Crippen LogP contribution in [0.5, 0.6) is 0 Å². The highest BCUT2D eigenvalue weighted by molar-refractivity contribution is 6.00. The molecule has 0 radical (unpaired) electrons. The van der Waals surface area contributed by atoms with Gasteiger partial charge in [0, 0.05) is 11.8 Å². The first-order chi connectivity index (χ1) is 14.7. The molecule has 0 atom stereocenters. The zero-order valence-electron chi connectivity index (χ0n) is 17.1. The molecule has 1 saturated carbocycles. The van der Waals surface area contributed by atoms with E-state index in [-0.39, 0.29) is 18.1 Å². The van der Waals surface area contributed by atoms with E-state index in [0.29, 0.717) is 24.0 Å². The Morgan fingerprint density at radius 3 is 2.73 bits per heavy atom. The Morgan fingerprint density at radius 1 is 1.13 bits per heavy atom. The summed E-state index contributed by atoms with van der Waals surface area (Å²) in [5.41, 5.74) is 1.03. The van der Waals surface area contributed by atoms with E-state index in [9.17, 15) is 9.59 Å². The SMILES string of the molecule is CCOC(=O)c1cnn(-c2ccc3ccccc3n2)c1NC(=O)CC1CCCCC1. The first-order valence-corrected chi connectivity index (χ1v) is 10.6. The van der Waals surface area contributed by atoms with Gasteiger partial charge in [0.15, 0.2) is 11.6 Å². The highest BCUT2D eigenvalue weighted by Gasteiger charge is 2.24. The lowest BCUT2D eigenvalue weighted by Gasteiger charge is -2.21. The summed E-state index contributed by atoms with van der Waals surface area (Å²) >= 11 is 0. The standard InChI is InChI=1S/C23H26N4O3/c1-2-30-23(29)18-15-24-27(20-13-12-17-10-6-7-11-19(17)25-20)22(18)26-21(28)14-16-8-4-3-5-9-16/h6-7,10-13,15-16H,2-5,8-9,14H2,1H3,(H,26,28). The number of hydrogen-bond donors (Lipinski definition) is 1. The second-order valence-corrected chi connectivity index (χ2v) is 7.66. The molecule has 30 heavy (non-hydrogen) atoms. The largest absolute Gasteiger partial charge is 0.462 e. The molecular formula is C23H26N4O3. The van der Waals surface area contributed by atoms with E-state index in [1.165, 1.54) is 30.1 Å². The van der Waals surface area contributed by atoms with Crippen molar-refractivity contribution < 1.29 is 14.3 Å². The van der Waals surface area contributed by atoms with Crippen molar-refractivity contribution in [1.82, 2.24) is 14.8 Å². The summed E-state index contributed by atoms with van der Waals surface area (Å²) in [5, 5.41) is 8.25. The van der Waals surface area contributed by atoms with Crippen LogP contribution in [-0.4, -0.2) is 33.2 Å². The van der Waals surface area contributed by atoms with E-state index in [1.54, 1.807) is 6.92 Å². The zero-order valence-corrected chi connectivity index (χ0v) is 17.1. The van der Waals surface area contributed by atoms with E-state index in [4.69, 9.17) is 4.74 Å². The Kier molecular flexibility index (Phi) is 6.07. The molecule has 0 spiro atoms. The monoisotopic (exact) mass is 406 g/mol. The van der Waals surface area contributed by atoms with E-state index in [2.05, 4.69) is 15.4 Å². The van der Waals surface area contributed by atoms with Crippen molar-refractivity contribution in [3.63, 3.8) is 0 Å². The Balaban J connectivity index is 1.65. The predicted molar refractivity (Wildman–Crippen MR) is 115 cm³/mol. The topological polar surface area (TPSA) is 86.1 Å². The van der Waals surface area contributed by atoms with E-state index < -0.39 is 5.97 Å². The van der Waals surface area contributed by atoms with Crippen molar-refractivity contribution in [2.75, 3.05) is 11.9 Å². The number of ether oxygens (including phenoxy) is 1. The van der Waals surface area contributed by atoms with Gasteiger partial charge in [-0.2, -0.15) is 9.78 Å². The van der Waals surface area contributed by atoms with Crippen LogP contribution in [0.3, 0.4) is 0 Å². The lowest BCUT2D eigenvalue weighted by molar-refractivity contribution is -0.117. The number of nitrogens with one attached hydrogen (secondary N) is 1. The number of carbonyl (C=O) groups is 2. The van der Waals surface area contributed by atoms with E-state index in [1.807, 2.05) is 36.4 Å². The molecule has 156 valence electrons. The molecule has 7 nitrogen and oxygen atoms in total. The maximum absolute atomic E-state index is 12.8. The number of rotatable bonds is 6. The second-order valence-electron chi connectivity index (χ2n) is 7.66. The van der Waals surface area contributed by atoms with Crippen LogP contribution in [0.2, 0.25) is 0 Å². The highest BCUT2D eigenvalue weighted by atomic mass is 16.5. The number of amides is 1. The molecule has 3 aromatic rings. The molecule has 1 aromatic carbocycles. The van der Waals surface area contributed by atoms with Gasteiger partial charge in [-0.3, -0.25) is 4.79 Å². The molecule has 2 aromatic heterocycles. The summed E-state index contributed by atoms with van der Waals surface area (Å²) in [6.45, 7) is 1.99. The lowest BCUT2D eigenvalue weighted by atomic mass is 9.87. The Hall–Kier alpha value is -3.22. The molecule has 1 aliphatic carbocycles. The van der Waals surface area contributed by atoms with Crippen LogP contribution >= 0.6 is 0 Å². The summed E-state index contributed by atoms with van der Waals surface area (Å²) in [4.78, 5) is 29.9. The van der Waals surface area contributed by atoms with Crippen molar-refractivity contribution in [1.29, 1.82) is 0 Å². The first-order valence-electron chi connectivity index (χ1n) is 10.6. The predicted octanol–water partition coefficient (Wildman–Crippen LogP) is 4.51. The fourth-order valence-corrected chi connectivity index (χ4v) is 4.01. The highest BCUT2D eigenvalue weighted by Crippen LogP contribution is 2.28. The van der Waals surface area contributed by atoms with Gasteiger partial charge in [-0.25, -0.2) is 9.78 Å². The number of esters is 1. The van der Waals surface area contributed by atoms with Gasteiger partial charge < -0.3 is 10.1 Å². The van der Waals surface area contributed by atoms with Crippen LogP contribution < -0.4 is 5.32 Å². The fraction of sp³-hybridized carbons (Fsp3) is 0.391. The average molecular weight is 406 g/mol. The molecule has 0 aliphatic heterocycles. The summed E-state index contributed by atoms with van der Waals surface area (Å²) in [7, 11) is 0. The molecule has 2 heterocycles. The van der Waals surface area contributed by atoms with Gasteiger partial charge in [-0.05, 0) is 43.9 Å². The van der Waals surface area contributed by atoms with Gasteiger partial charge in [0.1, 0.15) is 5.56 Å². The molecule has 4 rings (SSSR count). The van der Waals surface area contributed by atoms with Crippen molar-refractivity contribution in [3.8, 4) is 5.82 Å². The minimum absolute atomic E-state index is 0.116. The Labute approximate surface area is 175 Å². The quantitative estimate of drug-likeness (QED) is 0.609. The van der Waals surface area contributed by atoms with E-state index in [0.717, 1.165) is 23.7 Å². The molecule has 0 bridgehead atoms. The third-order valence-electron chi connectivity index (χ3n) is 5.52.